The third kappa shape index (κ3) is 8.81. The molecule has 0 radical (unpaired) electrons. The van der Waals surface area contributed by atoms with Gasteiger partial charge in [-0.05, 0) is 68.7 Å². The third-order valence-corrected chi connectivity index (χ3v) is 7.61. The number of carbonyl (C=O) groups excluding carboxylic acids is 2. The summed E-state index contributed by atoms with van der Waals surface area (Å²) in [7, 11) is -2.02. The highest BCUT2D eigenvalue weighted by molar-refractivity contribution is 9.10. The second-order valence-corrected chi connectivity index (χ2v) is 11.6. The average molecular weight is 583 g/mol. The molecule has 0 aromatic heterocycles. The van der Waals surface area contributed by atoms with E-state index in [9.17, 15) is 18.0 Å². The van der Waals surface area contributed by atoms with Gasteiger partial charge in [-0.2, -0.15) is 0 Å². The molecule has 2 atom stereocenters. The van der Waals surface area contributed by atoms with Crippen LogP contribution in [0.2, 0.25) is 0 Å². The maximum Gasteiger partial charge on any atom is 0.242 e. The number of hydrogen-bond donors (Lipinski definition) is 1. The highest BCUT2D eigenvalue weighted by Crippen LogP contribution is 2.22. The van der Waals surface area contributed by atoms with Crippen molar-refractivity contribution in [2.45, 2.75) is 58.7 Å². The number of nitrogens with zero attached hydrogens (tertiary/aromatic N) is 2. The standard InChI is InChI=1S/C26H36BrN3O5S/c1-6-19(2)28-26(32)20(3)29(18-21-9-7-10-22(27)17-21)25(31)11-8-16-30(36(5,33)34)23-12-14-24(35-4)15-13-23/h7,9-10,12-15,17,19-20H,6,8,11,16,18H2,1-5H3,(H,28,32)/t19-,20+/m1/s1. The van der Waals surface area contributed by atoms with Gasteiger partial charge in [0.1, 0.15) is 11.8 Å². The van der Waals surface area contributed by atoms with Crippen molar-refractivity contribution in [1.29, 1.82) is 0 Å². The second kappa shape index (κ2) is 13.6. The Bertz CT molecular complexity index is 1120. The number of halogens is 1. The molecule has 0 fully saturated rings. The number of sulfonamides is 1. The predicted molar refractivity (Wildman–Crippen MR) is 146 cm³/mol. The normalized spacial score (nSPS) is 12.9. The van der Waals surface area contributed by atoms with Crippen molar-refractivity contribution in [3.63, 3.8) is 0 Å². The quantitative estimate of drug-likeness (QED) is 0.379. The minimum absolute atomic E-state index is 0.00409. The van der Waals surface area contributed by atoms with Crippen LogP contribution in [0, 0.1) is 0 Å². The van der Waals surface area contributed by atoms with Crippen LogP contribution in [-0.2, 0) is 26.2 Å². The molecule has 0 spiro atoms. The number of hydrogen-bond acceptors (Lipinski definition) is 5. The maximum absolute atomic E-state index is 13.3. The SMILES string of the molecule is CC[C@@H](C)NC(=O)[C@H](C)N(Cc1cccc(Br)c1)C(=O)CCCN(c1ccc(OC)cc1)S(C)(=O)=O. The molecule has 198 valence electrons. The number of carbonyl (C=O) groups is 2. The molecule has 0 aliphatic rings. The molecule has 2 rings (SSSR count). The van der Waals surface area contributed by atoms with E-state index in [4.69, 9.17) is 4.74 Å². The number of nitrogens with one attached hydrogen (secondary N) is 1. The summed E-state index contributed by atoms with van der Waals surface area (Å²) in [5, 5.41) is 2.95. The van der Waals surface area contributed by atoms with Gasteiger partial charge in [0.2, 0.25) is 21.8 Å². The van der Waals surface area contributed by atoms with Crippen LogP contribution >= 0.6 is 15.9 Å². The van der Waals surface area contributed by atoms with E-state index in [1.165, 1.54) is 4.31 Å². The van der Waals surface area contributed by atoms with Crippen LogP contribution in [0.3, 0.4) is 0 Å². The Hall–Kier alpha value is -2.59. The van der Waals surface area contributed by atoms with Crippen LogP contribution in [-0.4, -0.2) is 57.1 Å². The number of ether oxygens (including phenoxy) is 1. The van der Waals surface area contributed by atoms with Crippen molar-refractivity contribution >= 4 is 43.5 Å². The second-order valence-electron chi connectivity index (χ2n) is 8.78. The summed E-state index contributed by atoms with van der Waals surface area (Å²) in [5.74, 6) is 0.184. The fourth-order valence-electron chi connectivity index (χ4n) is 3.63. The van der Waals surface area contributed by atoms with Gasteiger partial charge in [-0.3, -0.25) is 13.9 Å². The lowest BCUT2D eigenvalue weighted by atomic mass is 10.1. The topological polar surface area (TPSA) is 96.0 Å². The Morgan fingerprint density at radius 1 is 1.11 bits per heavy atom. The van der Waals surface area contributed by atoms with Crippen LogP contribution in [0.1, 0.15) is 45.6 Å². The zero-order valence-corrected chi connectivity index (χ0v) is 23.9. The zero-order chi connectivity index (χ0) is 26.9. The zero-order valence-electron chi connectivity index (χ0n) is 21.5. The molecule has 8 nitrogen and oxygen atoms in total. The van der Waals surface area contributed by atoms with E-state index in [0.29, 0.717) is 17.9 Å². The van der Waals surface area contributed by atoms with E-state index in [-0.39, 0.29) is 37.4 Å². The molecule has 0 unspecified atom stereocenters. The van der Waals surface area contributed by atoms with Crippen LogP contribution in [0.5, 0.6) is 5.75 Å². The molecular formula is C26H36BrN3O5S. The molecular weight excluding hydrogens is 546 g/mol. The van der Waals surface area contributed by atoms with E-state index >= 15 is 0 Å². The summed E-state index contributed by atoms with van der Waals surface area (Å²) in [4.78, 5) is 27.7. The van der Waals surface area contributed by atoms with E-state index in [1.807, 2.05) is 38.1 Å². The summed E-state index contributed by atoms with van der Waals surface area (Å²) < 4.78 is 32.2. The number of amides is 2. The fourth-order valence-corrected chi connectivity index (χ4v) is 5.04. The van der Waals surface area contributed by atoms with E-state index < -0.39 is 16.1 Å². The summed E-state index contributed by atoms with van der Waals surface area (Å²) in [5.41, 5.74) is 1.38. The largest absolute Gasteiger partial charge is 0.497 e. The van der Waals surface area contributed by atoms with Crippen LogP contribution in [0.4, 0.5) is 5.69 Å². The fraction of sp³-hybridized carbons (Fsp3) is 0.462. The minimum atomic E-state index is -3.56. The lowest BCUT2D eigenvalue weighted by molar-refractivity contribution is -0.140. The Labute approximate surface area is 223 Å². The highest BCUT2D eigenvalue weighted by Gasteiger charge is 2.27. The molecule has 0 bridgehead atoms. The average Bonchev–Trinajstić information content (AvgIpc) is 2.83. The van der Waals surface area contributed by atoms with Crippen LogP contribution in [0.15, 0.2) is 53.0 Å². The molecule has 0 aliphatic heterocycles. The third-order valence-electron chi connectivity index (χ3n) is 5.92. The van der Waals surface area contributed by atoms with Gasteiger partial charge in [-0.25, -0.2) is 8.42 Å². The van der Waals surface area contributed by atoms with Crippen LogP contribution in [0.25, 0.3) is 0 Å². The summed E-state index contributed by atoms with van der Waals surface area (Å²) >= 11 is 3.45. The highest BCUT2D eigenvalue weighted by atomic mass is 79.9. The molecule has 0 saturated heterocycles. The summed E-state index contributed by atoms with van der Waals surface area (Å²) in [6.07, 6.45) is 2.31. The number of anilines is 1. The van der Waals surface area contributed by atoms with Crippen LogP contribution < -0.4 is 14.4 Å². The lowest BCUT2D eigenvalue weighted by Crippen LogP contribution is -2.49. The van der Waals surface area contributed by atoms with E-state index in [1.54, 1.807) is 43.2 Å². The van der Waals surface area contributed by atoms with Gasteiger partial charge in [0.05, 0.1) is 19.1 Å². The Balaban J connectivity index is 2.17. The van der Waals surface area contributed by atoms with Gasteiger partial charge < -0.3 is 15.0 Å². The van der Waals surface area contributed by atoms with Gasteiger partial charge in [0, 0.05) is 30.0 Å². The van der Waals surface area contributed by atoms with Crippen molar-refractivity contribution in [1.82, 2.24) is 10.2 Å². The summed E-state index contributed by atoms with van der Waals surface area (Å²) in [6.45, 7) is 6.02. The predicted octanol–water partition coefficient (Wildman–Crippen LogP) is 4.34. The van der Waals surface area contributed by atoms with Crippen molar-refractivity contribution < 1.29 is 22.7 Å². The Morgan fingerprint density at radius 2 is 1.78 bits per heavy atom. The van der Waals surface area contributed by atoms with Gasteiger partial charge in [-0.15, -0.1) is 0 Å². The number of benzene rings is 2. The molecule has 36 heavy (non-hydrogen) atoms. The lowest BCUT2D eigenvalue weighted by Gasteiger charge is -2.30. The Morgan fingerprint density at radius 3 is 2.33 bits per heavy atom. The van der Waals surface area contributed by atoms with Gasteiger partial charge in [-0.1, -0.05) is 35.0 Å². The number of methoxy groups -OCH3 is 1. The first kappa shape index (κ1) is 29.6. The monoisotopic (exact) mass is 581 g/mol. The first-order valence-electron chi connectivity index (χ1n) is 11.9. The number of rotatable bonds is 13. The first-order chi connectivity index (χ1) is 17.0. The van der Waals surface area contributed by atoms with Crippen molar-refractivity contribution in [2.75, 3.05) is 24.2 Å². The molecule has 0 heterocycles. The maximum atomic E-state index is 13.3. The Kier molecular flexibility index (Phi) is 11.2. The first-order valence-corrected chi connectivity index (χ1v) is 14.6. The van der Waals surface area contributed by atoms with E-state index in [0.717, 1.165) is 22.7 Å². The van der Waals surface area contributed by atoms with Crippen molar-refractivity contribution in [2.24, 2.45) is 0 Å². The van der Waals surface area contributed by atoms with Crippen molar-refractivity contribution in [3.8, 4) is 5.75 Å². The molecule has 0 saturated carbocycles. The van der Waals surface area contributed by atoms with Gasteiger partial charge in [0.25, 0.3) is 0 Å². The molecule has 0 aliphatic carbocycles. The van der Waals surface area contributed by atoms with E-state index in [2.05, 4.69) is 21.2 Å². The van der Waals surface area contributed by atoms with Gasteiger partial charge >= 0.3 is 0 Å². The molecule has 2 amide bonds. The smallest absolute Gasteiger partial charge is 0.242 e. The molecule has 2 aromatic carbocycles. The molecule has 1 N–H and O–H groups in total. The molecule has 2 aromatic rings. The molecule has 10 heteroatoms. The minimum Gasteiger partial charge on any atom is -0.497 e. The van der Waals surface area contributed by atoms with Gasteiger partial charge in [0.15, 0.2) is 0 Å². The van der Waals surface area contributed by atoms with Crippen molar-refractivity contribution in [3.05, 3.63) is 58.6 Å². The summed E-state index contributed by atoms with van der Waals surface area (Å²) in [6, 6.07) is 13.6.